The molecule has 0 spiro atoms. The van der Waals surface area contributed by atoms with Crippen molar-refractivity contribution in [2.24, 2.45) is 0 Å². The summed E-state index contributed by atoms with van der Waals surface area (Å²) in [6.07, 6.45) is -4.64. The van der Waals surface area contributed by atoms with Crippen molar-refractivity contribution in [1.29, 1.82) is 0 Å². The van der Waals surface area contributed by atoms with Crippen molar-refractivity contribution in [2.45, 2.75) is 108 Å². The molecule has 202 valence electrons. The lowest BCUT2D eigenvalue weighted by Gasteiger charge is -2.30. The molecule has 0 amide bonds. The number of carbonyl (C=O) groups is 1. The van der Waals surface area contributed by atoms with E-state index in [2.05, 4.69) is 0 Å². The van der Waals surface area contributed by atoms with Gasteiger partial charge in [-0.15, -0.1) is 0 Å². The topological polar surface area (TPSA) is 116 Å². The van der Waals surface area contributed by atoms with Gasteiger partial charge in [0.15, 0.2) is 17.9 Å². The molecule has 0 aliphatic carbocycles. The van der Waals surface area contributed by atoms with Gasteiger partial charge in [-0.05, 0) is 54.0 Å². The van der Waals surface area contributed by atoms with E-state index in [1.807, 2.05) is 0 Å². The van der Waals surface area contributed by atoms with Crippen LogP contribution in [0.3, 0.4) is 0 Å². The van der Waals surface area contributed by atoms with Gasteiger partial charge >= 0.3 is 5.97 Å². The zero-order valence-corrected chi connectivity index (χ0v) is 22.6. The summed E-state index contributed by atoms with van der Waals surface area (Å²) in [5.74, 6) is -2.51. The molecule has 0 saturated carbocycles. The number of esters is 1. The molecule has 4 rings (SSSR count). The fraction of sp³-hybridized carbons (Fsp3) is 0.720. The minimum atomic E-state index is -4.39. The van der Waals surface area contributed by atoms with Gasteiger partial charge in [-0.3, -0.25) is 8.98 Å². The number of benzene rings is 1. The Balaban J connectivity index is 1.62. The van der Waals surface area contributed by atoms with Gasteiger partial charge in [0.2, 0.25) is 0 Å². The Morgan fingerprint density at radius 3 is 2.28 bits per heavy atom. The molecule has 3 aliphatic heterocycles. The van der Waals surface area contributed by atoms with E-state index >= 15 is 0 Å². The molecular weight excluding hydrogens is 492 g/mol. The lowest BCUT2D eigenvalue weighted by Crippen LogP contribution is -2.45. The first-order chi connectivity index (χ1) is 16.6. The van der Waals surface area contributed by atoms with Crippen LogP contribution in [-0.2, 0) is 47.5 Å². The summed E-state index contributed by atoms with van der Waals surface area (Å²) >= 11 is 0. The van der Waals surface area contributed by atoms with Crippen molar-refractivity contribution < 1.29 is 45.8 Å². The average molecular weight is 529 g/mol. The van der Waals surface area contributed by atoms with E-state index in [0.29, 0.717) is 5.56 Å². The Bertz CT molecular complexity index is 1050. The van der Waals surface area contributed by atoms with Crippen LogP contribution in [0.25, 0.3) is 0 Å². The van der Waals surface area contributed by atoms with Crippen LogP contribution in [0, 0.1) is 0 Å². The minimum absolute atomic E-state index is 0.181. The molecule has 3 saturated heterocycles. The number of fused-ring (bicyclic) bond motifs is 1. The van der Waals surface area contributed by atoms with Crippen molar-refractivity contribution in [3.63, 3.8) is 0 Å². The standard InChI is InChI=1S/C25H36O10S/c1-23(2,3)32-18(26)13-17(15-11-9-8-10-12-15)36(27,28)35-20-19(16-14-29-24(4,5)31-16)30-22-21(20)33-25(6,7)34-22/h8-12,16-17,19-22H,13-14H2,1-7H3/t16-,17-,19-,20-,21-,22-/m1/s1. The maximum absolute atomic E-state index is 13.8. The van der Waals surface area contributed by atoms with E-state index in [1.165, 1.54) is 0 Å². The molecule has 0 unspecified atom stereocenters. The summed E-state index contributed by atoms with van der Waals surface area (Å²) in [6.45, 7) is 12.3. The molecule has 3 heterocycles. The lowest BCUT2D eigenvalue weighted by molar-refractivity contribution is -0.230. The second-order valence-corrected chi connectivity index (χ2v) is 12.9. The van der Waals surface area contributed by atoms with Crippen LogP contribution in [0.2, 0.25) is 0 Å². The van der Waals surface area contributed by atoms with Crippen LogP contribution in [0.1, 0.15) is 65.7 Å². The fourth-order valence-corrected chi connectivity index (χ4v) is 6.09. The Labute approximate surface area is 212 Å². The molecule has 1 aromatic rings. The van der Waals surface area contributed by atoms with Gasteiger partial charge in [0.05, 0.1) is 13.0 Å². The van der Waals surface area contributed by atoms with Gasteiger partial charge in [-0.25, -0.2) is 0 Å². The predicted molar refractivity (Wildman–Crippen MR) is 127 cm³/mol. The molecule has 1 aromatic carbocycles. The monoisotopic (exact) mass is 528 g/mol. The second-order valence-electron chi connectivity index (χ2n) is 11.2. The predicted octanol–water partition coefficient (Wildman–Crippen LogP) is 3.20. The molecule has 0 N–H and O–H groups in total. The number of hydrogen-bond donors (Lipinski definition) is 0. The molecule has 11 heteroatoms. The van der Waals surface area contributed by atoms with Crippen molar-refractivity contribution in [3.05, 3.63) is 35.9 Å². The molecule has 6 atom stereocenters. The van der Waals surface area contributed by atoms with E-state index in [0.717, 1.165) is 0 Å². The minimum Gasteiger partial charge on any atom is -0.460 e. The van der Waals surface area contributed by atoms with E-state index in [9.17, 15) is 13.2 Å². The summed E-state index contributed by atoms with van der Waals surface area (Å²) < 4.78 is 68.3. The molecule has 0 bridgehead atoms. The fourth-order valence-electron chi connectivity index (χ4n) is 4.60. The number of carbonyl (C=O) groups excluding carboxylic acids is 1. The van der Waals surface area contributed by atoms with Crippen LogP contribution in [-0.4, -0.2) is 68.9 Å². The Morgan fingerprint density at radius 1 is 1.03 bits per heavy atom. The Hall–Kier alpha value is -1.60. The van der Waals surface area contributed by atoms with E-state index in [4.69, 9.17) is 32.6 Å². The third kappa shape index (κ3) is 6.27. The number of ether oxygens (including phenoxy) is 6. The zero-order chi connectivity index (χ0) is 26.5. The first-order valence-corrected chi connectivity index (χ1v) is 13.5. The normalized spacial score (nSPS) is 32.2. The first kappa shape index (κ1) is 27.4. The quantitative estimate of drug-likeness (QED) is 0.386. The van der Waals surface area contributed by atoms with Gasteiger partial charge in [0, 0.05) is 0 Å². The molecular formula is C25H36O10S. The van der Waals surface area contributed by atoms with Crippen LogP contribution in [0.5, 0.6) is 0 Å². The summed E-state index contributed by atoms with van der Waals surface area (Å²) in [7, 11) is -4.39. The molecule has 0 aromatic heterocycles. The lowest BCUT2D eigenvalue weighted by atomic mass is 10.1. The van der Waals surface area contributed by atoms with Gasteiger partial charge in [0.1, 0.15) is 35.3 Å². The summed E-state index contributed by atoms with van der Waals surface area (Å²) in [4.78, 5) is 12.7. The summed E-state index contributed by atoms with van der Waals surface area (Å²) in [6, 6.07) is 8.43. The largest absolute Gasteiger partial charge is 0.460 e. The van der Waals surface area contributed by atoms with Crippen LogP contribution < -0.4 is 0 Å². The number of hydrogen-bond acceptors (Lipinski definition) is 10. The highest BCUT2D eigenvalue weighted by atomic mass is 32.2. The summed E-state index contributed by atoms with van der Waals surface area (Å²) in [5.41, 5.74) is -0.366. The molecule has 36 heavy (non-hydrogen) atoms. The van der Waals surface area contributed by atoms with Crippen molar-refractivity contribution in [3.8, 4) is 0 Å². The Morgan fingerprint density at radius 2 is 1.69 bits per heavy atom. The van der Waals surface area contributed by atoms with Gasteiger partial charge < -0.3 is 28.4 Å². The first-order valence-electron chi connectivity index (χ1n) is 12.1. The maximum atomic E-state index is 13.8. The Kier molecular flexibility index (Phi) is 7.32. The summed E-state index contributed by atoms with van der Waals surface area (Å²) in [5, 5.41) is -1.30. The van der Waals surface area contributed by atoms with Crippen LogP contribution >= 0.6 is 0 Å². The average Bonchev–Trinajstić information content (AvgIpc) is 3.35. The van der Waals surface area contributed by atoms with Crippen LogP contribution in [0.4, 0.5) is 0 Å². The van der Waals surface area contributed by atoms with Crippen molar-refractivity contribution in [2.75, 3.05) is 6.61 Å². The number of rotatable bonds is 7. The second kappa shape index (κ2) is 9.61. The van der Waals surface area contributed by atoms with Gasteiger partial charge in [-0.2, -0.15) is 8.42 Å². The maximum Gasteiger partial charge on any atom is 0.308 e. The highest BCUT2D eigenvalue weighted by molar-refractivity contribution is 7.87. The third-order valence-electron chi connectivity index (χ3n) is 5.96. The van der Waals surface area contributed by atoms with Gasteiger partial charge in [-0.1, -0.05) is 30.3 Å². The SMILES string of the molecule is CC(C)(C)OC(=O)C[C@H](c1ccccc1)S(=O)(=O)O[C@H]1[C@H]2OC(C)(C)O[C@H]2O[C@@H]1[C@H]1COC(C)(C)O1. The highest BCUT2D eigenvalue weighted by Crippen LogP contribution is 2.43. The van der Waals surface area contributed by atoms with Crippen LogP contribution in [0.15, 0.2) is 30.3 Å². The molecule has 10 nitrogen and oxygen atoms in total. The van der Waals surface area contributed by atoms with E-state index in [-0.39, 0.29) is 6.61 Å². The molecule has 3 fully saturated rings. The molecule has 3 aliphatic rings. The van der Waals surface area contributed by atoms with E-state index in [1.54, 1.807) is 78.8 Å². The van der Waals surface area contributed by atoms with E-state index < -0.39 is 75.6 Å². The molecule has 0 radical (unpaired) electrons. The van der Waals surface area contributed by atoms with Gasteiger partial charge in [0.25, 0.3) is 10.1 Å². The van der Waals surface area contributed by atoms with Crippen molar-refractivity contribution >= 4 is 16.1 Å². The smallest absolute Gasteiger partial charge is 0.308 e. The third-order valence-corrected chi connectivity index (χ3v) is 7.59. The highest BCUT2D eigenvalue weighted by Gasteiger charge is 2.60. The zero-order valence-electron chi connectivity index (χ0n) is 21.8. The van der Waals surface area contributed by atoms with Crippen molar-refractivity contribution in [1.82, 2.24) is 0 Å².